The van der Waals surface area contributed by atoms with Crippen LogP contribution < -0.4 is 11.1 Å². The summed E-state index contributed by atoms with van der Waals surface area (Å²) in [5, 5.41) is 4.56. The summed E-state index contributed by atoms with van der Waals surface area (Å²) in [5.74, 6) is 0.740. The first-order chi connectivity index (χ1) is 15.0. The number of thioether (sulfide) groups is 1. The molecule has 0 bridgehead atoms. The molecule has 14 heteroatoms. The Hall–Kier alpha value is -1.53. The fourth-order valence-corrected chi connectivity index (χ4v) is 5.01. The highest BCUT2D eigenvalue weighted by atomic mass is 35.5. The molecule has 5 N–H and O–H groups in total. The quantitative estimate of drug-likeness (QED) is 0.170. The Balaban J connectivity index is 1.88. The molecule has 3 aromatic rings. The average Bonchev–Trinajstić information content (AvgIpc) is 3.06. The van der Waals surface area contributed by atoms with Crippen molar-refractivity contribution in [1.29, 1.82) is 0 Å². The van der Waals surface area contributed by atoms with E-state index in [2.05, 4.69) is 25.3 Å². The van der Waals surface area contributed by atoms with Gasteiger partial charge in [0.05, 0.1) is 28.6 Å². The zero-order valence-corrected chi connectivity index (χ0v) is 20.9. The van der Waals surface area contributed by atoms with Crippen LogP contribution in [-0.4, -0.2) is 42.4 Å². The molecule has 3 rings (SSSR count). The van der Waals surface area contributed by atoms with Gasteiger partial charge >= 0.3 is 7.82 Å². The van der Waals surface area contributed by atoms with Crippen molar-refractivity contribution in [3.8, 4) is 0 Å². The lowest BCUT2D eigenvalue weighted by Gasteiger charge is -2.22. The largest absolute Gasteiger partial charge is 0.469 e. The van der Waals surface area contributed by atoms with Crippen molar-refractivity contribution in [2.45, 2.75) is 43.6 Å². The summed E-state index contributed by atoms with van der Waals surface area (Å²) < 4.78 is 16.6. The number of phosphoric acid groups is 1. The van der Waals surface area contributed by atoms with E-state index in [9.17, 15) is 4.57 Å². The van der Waals surface area contributed by atoms with Crippen molar-refractivity contribution < 1.29 is 18.9 Å². The maximum absolute atomic E-state index is 11.2. The first-order valence-electron chi connectivity index (χ1n) is 9.69. The van der Waals surface area contributed by atoms with Crippen molar-refractivity contribution in [2.75, 3.05) is 17.7 Å². The highest BCUT2D eigenvalue weighted by Crippen LogP contribution is 2.38. The number of aromatic nitrogens is 4. The SMILES string of the molecule is CC(C)CC(COP(=O)(O)O)Nc1nc(SC(C)c2ccc(Cl)cn2)nc2nc(N)sc12. The second kappa shape index (κ2) is 10.6. The van der Waals surface area contributed by atoms with Gasteiger partial charge in [-0.15, -0.1) is 0 Å². The molecule has 0 aliphatic carbocycles. The van der Waals surface area contributed by atoms with Gasteiger partial charge in [0, 0.05) is 6.20 Å². The minimum absolute atomic E-state index is 0.0574. The molecule has 174 valence electrons. The summed E-state index contributed by atoms with van der Waals surface area (Å²) in [4.78, 5) is 36.0. The van der Waals surface area contributed by atoms with Crippen LogP contribution in [0.4, 0.5) is 10.9 Å². The number of nitrogen functional groups attached to an aromatic ring is 1. The molecule has 0 radical (unpaired) electrons. The molecular weight excluding hydrogens is 495 g/mol. The number of hydrogen-bond acceptors (Lipinski definition) is 10. The summed E-state index contributed by atoms with van der Waals surface area (Å²) in [6.45, 7) is 5.81. The molecule has 0 fully saturated rings. The molecule has 2 unspecified atom stereocenters. The molecule has 10 nitrogen and oxygen atoms in total. The molecule has 0 aromatic carbocycles. The van der Waals surface area contributed by atoms with Gasteiger partial charge in [-0.05, 0) is 31.4 Å². The normalized spacial score (nSPS) is 14.1. The standard InChI is InChI=1S/C18H24ClN6O4PS2/c1-9(2)6-12(8-29-30(26,27)28)22-15-14-16(23-17(20)32-14)25-18(24-15)31-10(3)13-5-4-11(19)7-21-13/h4-5,7,9-10,12H,6,8H2,1-3H3,(H2,26,27,28)(H3,20,22,23,24,25). The van der Waals surface area contributed by atoms with Crippen molar-refractivity contribution in [2.24, 2.45) is 5.92 Å². The lowest BCUT2D eigenvalue weighted by atomic mass is 10.0. The van der Waals surface area contributed by atoms with Gasteiger partial charge in [-0.3, -0.25) is 9.51 Å². The van der Waals surface area contributed by atoms with Crippen molar-refractivity contribution in [1.82, 2.24) is 19.9 Å². The zero-order chi connectivity index (χ0) is 23.5. The van der Waals surface area contributed by atoms with E-state index < -0.39 is 13.9 Å². The van der Waals surface area contributed by atoms with Crippen LogP contribution in [-0.2, 0) is 9.09 Å². The third-order valence-corrected chi connectivity index (χ3v) is 6.82. The molecule has 0 spiro atoms. The Kier molecular flexibility index (Phi) is 8.31. The van der Waals surface area contributed by atoms with Crippen LogP contribution in [0.3, 0.4) is 0 Å². The van der Waals surface area contributed by atoms with Gasteiger partial charge in [-0.25, -0.2) is 19.5 Å². The lowest BCUT2D eigenvalue weighted by molar-refractivity contribution is 0.184. The van der Waals surface area contributed by atoms with Gasteiger partial charge in [0.15, 0.2) is 21.8 Å². The van der Waals surface area contributed by atoms with Crippen molar-refractivity contribution >= 4 is 63.8 Å². The maximum atomic E-state index is 11.2. The van der Waals surface area contributed by atoms with Crippen molar-refractivity contribution in [3.05, 3.63) is 29.0 Å². The third-order valence-electron chi connectivity index (χ3n) is 4.24. The van der Waals surface area contributed by atoms with E-state index >= 15 is 0 Å². The predicted molar refractivity (Wildman–Crippen MR) is 128 cm³/mol. The minimum atomic E-state index is -4.60. The Morgan fingerprint density at radius 2 is 2.03 bits per heavy atom. The minimum Gasteiger partial charge on any atom is -0.375 e. The molecule has 3 aromatic heterocycles. The Labute approximate surface area is 198 Å². The Morgan fingerprint density at radius 1 is 1.28 bits per heavy atom. The van der Waals surface area contributed by atoms with E-state index in [0.29, 0.717) is 37.9 Å². The molecule has 0 saturated heterocycles. The number of pyridine rings is 1. The number of anilines is 2. The molecule has 32 heavy (non-hydrogen) atoms. The fourth-order valence-electron chi connectivity index (χ4n) is 2.94. The monoisotopic (exact) mass is 518 g/mol. The van der Waals surface area contributed by atoms with Crippen LogP contribution in [0, 0.1) is 5.92 Å². The van der Waals surface area contributed by atoms with Gasteiger partial charge in [0.25, 0.3) is 0 Å². The zero-order valence-electron chi connectivity index (χ0n) is 17.6. The first kappa shape index (κ1) is 25.1. The Bertz CT molecular complexity index is 1110. The van der Waals surface area contributed by atoms with Gasteiger partial charge in [0.2, 0.25) is 0 Å². The van der Waals surface area contributed by atoms with Gasteiger partial charge in [-0.2, -0.15) is 0 Å². The number of thiazole rings is 1. The molecule has 2 atom stereocenters. The van der Waals surface area contributed by atoms with Gasteiger partial charge < -0.3 is 20.8 Å². The fraction of sp³-hybridized carbons (Fsp3) is 0.444. The third kappa shape index (κ3) is 7.24. The van der Waals surface area contributed by atoms with Crippen LogP contribution in [0.15, 0.2) is 23.5 Å². The number of fused-ring (bicyclic) bond motifs is 1. The summed E-state index contributed by atoms with van der Waals surface area (Å²) in [6, 6.07) is 3.23. The highest BCUT2D eigenvalue weighted by molar-refractivity contribution is 7.99. The second-order valence-corrected chi connectivity index (χ2v) is 11.5. The highest BCUT2D eigenvalue weighted by Gasteiger charge is 2.22. The van der Waals surface area contributed by atoms with Crippen LogP contribution in [0.1, 0.15) is 38.1 Å². The van der Waals surface area contributed by atoms with E-state index in [-0.39, 0.29) is 17.8 Å². The second-order valence-electron chi connectivity index (χ2n) is 7.48. The number of nitrogens with two attached hydrogens (primary N) is 1. The van der Waals surface area contributed by atoms with Crippen LogP contribution in [0.25, 0.3) is 10.3 Å². The van der Waals surface area contributed by atoms with Gasteiger partial charge in [0.1, 0.15) is 4.70 Å². The molecule has 0 amide bonds. The van der Waals surface area contributed by atoms with Crippen LogP contribution in [0.5, 0.6) is 0 Å². The topological polar surface area (TPSA) is 156 Å². The molecule has 0 saturated carbocycles. The maximum Gasteiger partial charge on any atom is 0.469 e. The summed E-state index contributed by atoms with van der Waals surface area (Å²) in [6.07, 6.45) is 2.19. The number of rotatable bonds is 10. The smallest absolute Gasteiger partial charge is 0.375 e. The number of nitrogens with zero attached hydrogens (tertiary/aromatic N) is 4. The summed E-state index contributed by atoms with van der Waals surface area (Å²) in [7, 11) is -4.60. The number of halogens is 1. The summed E-state index contributed by atoms with van der Waals surface area (Å²) in [5.41, 5.74) is 7.17. The molecular formula is C18H24ClN6O4PS2. The number of phosphoric ester groups is 1. The predicted octanol–water partition coefficient (Wildman–Crippen LogP) is 4.51. The van der Waals surface area contributed by atoms with Gasteiger partial charge in [-0.1, -0.05) is 48.5 Å². The van der Waals surface area contributed by atoms with E-state index in [4.69, 9.17) is 31.6 Å². The first-order valence-corrected chi connectivity index (χ1v) is 13.3. The van der Waals surface area contributed by atoms with E-state index in [1.165, 1.54) is 23.1 Å². The summed E-state index contributed by atoms with van der Waals surface area (Å²) >= 11 is 8.56. The number of hydrogen-bond donors (Lipinski definition) is 4. The lowest BCUT2D eigenvalue weighted by Crippen LogP contribution is -2.27. The van der Waals surface area contributed by atoms with Crippen molar-refractivity contribution in [3.63, 3.8) is 0 Å². The molecule has 0 aliphatic heterocycles. The van der Waals surface area contributed by atoms with E-state index in [1.807, 2.05) is 26.8 Å². The van der Waals surface area contributed by atoms with Crippen LogP contribution >= 0.6 is 42.5 Å². The average molecular weight is 519 g/mol. The molecule has 0 aliphatic rings. The van der Waals surface area contributed by atoms with Crippen LogP contribution in [0.2, 0.25) is 5.02 Å². The molecule has 3 heterocycles. The Morgan fingerprint density at radius 3 is 2.66 bits per heavy atom. The van der Waals surface area contributed by atoms with E-state index in [1.54, 1.807) is 12.3 Å². The number of nitrogens with one attached hydrogen (secondary N) is 1. The van der Waals surface area contributed by atoms with E-state index in [0.717, 1.165) is 5.69 Å².